The van der Waals surface area contributed by atoms with E-state index in [1.807, 2.05) is 30.3 Å². The number of imide groups is 2. The van der Waals surface area contributed by atoms with Crippen molar-refractivity contribution in [2.45, 2.75) is 5.54 Å². The fraction of sp³-hybridized carbons (Fsp3) is 0.250. The Labute approximate surface area is 161 Å². The second kappa shape index (κ2) is 7.41. The molecule has 4 amide bonds. The molecule has 0 unspecified atom stereocenters. The highest BCUT2D eigenvalue weighted by Crippen LogP contribution is 2.33. The van der Waals surface area contributed by atoms with Crippen LogP contribution in [0.25, 0.3) is 0 Å². The normalized spacial score (nSPS) is 19.6. The first kappa shape index (κ1) is 18.1. The van der Waals surface area contributed by atoms with Crippen molar-refractivity contribution < 1.29 is 19.1 Å². The van der Waals surface area contributed by atoms with Crippen molar-refractivity contribution in [3.8, 4) is 11.5 Å². The van der Waals surface area contributed by atoms with Gasteiger partial charge in [0.1, 0.15) is 11.5 Å². The van der Waals surface area contributed by atoms with Crippen molar-refractivity contribution in [2.75, 3.05) is 26.2 Å². The Kier molecular flexibility index (Phi) is 4.81. The maximum absolute atomic E-state index is 12.9. The molecule has 4 rings (SSSR count). The van der Waals surface area contributed by atoms with Crippen molar-refractivity contribution in [1.29, 1.82) is 0 Å². The van der Waals surface area contributed by atoms with E-state index in [0.29, 0.717) is 43.2 Å². The molecule has 0 saturated carbocycles. The number of nitrogens with one attached hydrogen (secondary N) is 3. The summed E-state index contributed by atoms with van der Waals surface area (Å²) in [6.07, 6.45) is 0. The van der Waals surface area contributed by atoms with Gasteiger partial charge in [-0.2, -0.15) is 0 Å². The van der Waals surface area contributed by atoms with E-state index in [4.69, 9.17) is 4.74 Å². The number of amides is 4. The van der Waals surface area contributed by atoms with E-state index < -0.39 is 23.4 Å². The first-order chi connectivity index (χ1) is 13.6. The summed E-state index contributed by atoms with van der Waals surface area (Å²) in [5.74, 6) is -0.0105. The van der Waals surface area contributed by atoms with Crippen LogP contribution in [0.4, 0.5) is 4.79 Å². The largest absolute Gasteiger partial charge is 0.457 e. The first-order valence-corrected chi connectivity index (χ1v) is 9.07. The number of carbonyl (C=O) groups is 3. The summed E-state index contributed by atoms with van der Waals surface area (Å²) in [7, 11) is 0. The molecule has 3 N–H and O–H groups in total. The molecule has 0 aromatic heterocycles. The van der Waals surface area contributed by atoms with Crippen LogP contribution in [0.1, 0.15) is 5.56 Å². The van der Waals surface area contributed by atoms with Crippen LogP contribution < -0.4 is 20.7 Å². The van der Waals surface area contributed by atoms with Crippen LogP contribution in [0.3, 0.4) is 0 Å². The average molecular weight is 380 g/mol. The van der Waals surface area contributed by atoms with E-state index in [0.717, 1.165) is 0 Å². The number of ether oxygens (including phenoxy) is 1. The van der Waals surface area contributed by atoms with Crippen molar-refractivity contribution in [1.82, 2.24) is 20.9 Å². The van der Waals surface area contributed by atoms with Crippen molar-refractivity contribution in [2.24, 2.45) is 0 Å². The number of urea groups is 1. The monoisotopic (exact) mass is 380 g/mol. The molecule has 2 aromatic carbocycles. The van der Waals surface area contributed by atoms with Gasteiger partial charge in [-0.05, 0) is 29.8 Å². The number of para-hydroxylation sites is 1. The zero-order valence-electron chi connectivity index (χ0n) is 15.1. The highest BCUT2D eigenvalue weighted by atomic mass is 16.5. The predicted molar refractivity (Wildman–Crippen MR) is 101 cm³/mol. The lowest BCUT2D eigenvalue weighted by Gasteiger charge is -2.44. The van der Waals surface area contributed by atoms with Crippen LogP contribution in [0, 0.1) is 0 Å². The third-order valence-corrected chi connectivity index (χ3v) is 4.95. The molecule has 2 fully saturated rings. The molecule has 0 spiro atoms. The van der Waals surface area contributed by atoms with Gasteiger partial charge in [-0.15, -0.1) is 0 Å². The first-order valence-electron chi connectivity index (χ1n) is 9.07. The minimum Gasteiger partial charge on any atom is -0.457 e. The summed E-state index contributed by atoms with van der Waals surface area (Å²) in [6.45, 7) is 2.28. The summed E-state index contributed by atoms with van der Waals surface area (Å²) in [4.78, 5) is 39.3. The number of rotatable bonds is 4. The number of nitrogens with zero attached hydrogens (tertiary/aromatic N) is 1. The van der Waals surface area contributed by atoms with Gasteiger partial charge >= 0.3 is 6.03 Å². The molecule has 0 bridgehead atoms. The van der Waals surface area contributed by atoms with Gasteiger partial charge in [0.15, 0.2) is 0 Å². The lowest BCUT2D eigenvalue weighted by molar-refractivity contribution is -0.149. The molecule has 2 aliphatic rings. The number of benzene rings is 2. The molecule has 8 heteroatoms. The van der Waals surface area contributed by atoms with Crippen LogP contribution in [-0.4, -0.2) is 48.9 Å². The molecule has 0 aliphatic carbocycles. The van der Waals surface area contributed by atoms with Gasteiger partial charge in [0.25, 0.3) is 11.8 Å². The summed E-state index contributed by atoms with van der Waals surface area (Å²) < 4.78 is 5.79. The molecule has 2 aliphatic heterocycles. The molecule has 28 heavy (non-hydrogen) atoms. The molecule has 0 atom stereocenters. The third kappa shape index (κ3) is 3.12. The summed E-state index contributed by atoms with van der Waals surface area (Å²) in [5, 5.41) is 7.70. The molecule has 2 heterocycles. The Bertz CT molecular complexity index is 872. The van der Waals surface area contributed by atoms with Gasteiger partial charge in [-0.25, -0.2) is 4.79 Å². The lowest BCUT2D eigenvalue weighted by atomic mass is 9.84. The fourth-order valence-electron chi connectivity index (χ4n) is 3.64. The Morgan fingerprint density at radius 3 is 1.96 bits per heavy atom. The van der Waals surface area contributed by atoms with Crippen LogP contribution in [0.5, 0.6) is 11.5 Å². The second-order valence-electron chi connectivity index (χ2n) is 6.62. The number of hydrogen-bond acceptors (Lipinski definition) is 6. The molecule has 8 nitrogen and oxygen atoms in total. The van der Waals surface area contributed by atoms with Crippen molar-refractivity contribution in [3.63, 3.8) is 0 Å². The Hall–Kier alpha value is -3.23. The van der Waals surface area contributed by atoms with Gasteiger partial charge in [-0.3, -0.25) is 25.1 Å². The quantitative estimate of drug-likeness (QED) is 0.683. The maximum Gasteiger partial charge on any atom is 0.328 e. The van der Waals surface area contributed by atoms with Crippen molar-refractivity contribution in [3.05, 3.63) is 60.2 Å². The zero-order valence-corrected chi connectivity index (χ0v) is 15.1. The van der Waals surface area contributed by atoms with E-state index in [1.54, 1.807) is 29.2 Å². The fourth-order valence-corrected chi connectivity index (χ4v) is 3.64. The minimum atomic E-state index is -1.60. The van der Waals surface area contributed by atoms with E-state index in [9.17, 15) is 14.4 Å². The number of piperazine rings is 1. The van der Waals surface area contributed by atoms with Crippen molar-refractivity contribution >= 4 is 17.8 Å². The number of barbiturate groups is 1. The van der Waals surface area contributed by atoms with E-state index in [-0.39, 0.29) is 0 Å². The SMILES string of the molecule is O=C1NC(=O)C(c2ccc(Oc3ccccc3)cc2)(N2CCNCC2)C(=O)N1. The van der Waals surface area contributed by atoms with Gasteiger partial charge in [-0.1, -0.05) is 30.3 Å². The van der Waals surface area contributed by atoms with E-state index in [1.165, 1.54) is 0 Å². The van der Waals surface area contributed by atoms with Crippen LogP contribution in [0.2, 0.25) is 0 Å². The highest BCUT2D eigenvalue weighted by molar-refractivity contribution is 6.22. The Morgan fingerprint density at radius 1 is 0.786 bits per heavy atom. The standard InChI is InChI=1S/C20H20N4O4/c25-17-20(18(26)23-19(27)22-17,24-12-10-21-11-13-24)14-6-8-16(9-7-14)28-15-4-2-1-3-5-15/h1-9,21H,10-13H2,(H2,22,23,25,26,27). The summed E-state index contributed by atoms with van der Waals surface area (Å²) >= 11 is 0. The average Bonchev–Trinajstić information content (AvgIpc) is 2.70. The van der Waals surface area contributed by atoms with Gasteiger partial charge in [0.05, 0.1) is 0 Å². The third-order valence-electron chi connectivity index (χ3n) is 4.95. The molecule has 0 radical (unpaired) electrons. The van der Waals surface area contributed by atoms with Crippen LogP contribution in [0.15, 0.2) is 54.6 Å². The molecular weight excluding hydrogens is 360 g/mol. The number of hydrogen-bond donors (Lipinski definition) is 3. The highest BCUT2D eigenvalue weighted by Gasteiger charge is 2.56. The van der Waals surface area contributed by atoms with E-state index in [2.05, 4.69) is 16.0 Å². The maximum atomic E-state index is 12.9. The topological polar surface area (TPSA) is 99.8 Å². The molecular formula is C20H20N4O4. The molecule has 144 valence electrons. The predicted octanol–water partition coefficient (Wildman–Crippen LogP) is 0.945. The molecule has 2 aromatic rings. The summed E-state index contributed by atoms with van der Waals surface area (Å²) in [6, 6.07) is 15.3. The van der Waals surface area contributed by atoms with E-state index >= 15 is 0 Å². The Morgan fingerprint density at radius 2 is 1.36 bits per heavy atom. The van der Waals surface area contributed by atoms with Gasteiger partial charge in [0, 0.05) is 26.2 Å². The second-order valence-corrected chi connectivity index (χ2v) is 6.62. The smallest absolute Gasteiger partial charge is 0.328 e. The molecule has 2 saturated heterocycles. The number of carbonyl (C=O) groups excluding carboxylic acids is 3. The minimum absolute atomic E-state index is 0.484. The van der Waals surface area contributed by atoms with Crippen LogP contribution >= 0.6 is 0 Å². The van der Waals surface area contributed by atoms with Crippen LogP contribution in [-0.2, 0) is 15.1 Å². The van der Waals surface area contributed by atoms with Gasteiger partial charge in [0.2, 0.25) is 5.54 Å². The summed E-state index contributed by atoms with van der Waals surface area (Å²) in [5.41, 5.74) is -1.11. The Balaban J connectivity index is 1.69. The zero-order chi connectivity index (χ0) is 19.6. The van der Waals surface area contributed by atoms with Gasteiger partial charge < -0.3 is 10.1 Å². The lowest BCUT2D eigenvalue weighted by Crippen LogP contribution is -2.72.